The van der Waals surface area contributed by atoms with Gasteiger partial charge in [-0.05, 0) is 23.6 Å². The topological polar surface area (TPSA) is 54.9 Å². The highest BCUT2D eigenvalue weighted by Crippen LogP contribution is 2.28. The minimum atomic E-state index is -0.110. The summed E-state index contributed by atoms with van der Waals surface area (Å²) < 4.78 is 0. The highest BCUT2D eigenvalue weighted by Gasteiger charge is 2.07. The standard InChI is InChI=1S/C14H11N3OS3/c1-15-13(18)11-7-16-12(21-11)5-4-9-8-20-14(17-9)10-3-2-6-19-10/h2-8H,1H3,(H,15,18)/b5-4+. The maximum Gasteiger partial charge on any atom is 0.262 e. The Morgan fingerprint density at radius 3 is 3.00 bits per heavy atom. The Balaban J connectivity index is 1.74. The van der Waals surface area contributed by atoms with Crippen LogP contribution in [-0.2, 0) is 0 Å². The molecule has 0 radical (unpaired) electrons. The summed E-state index contributed by atoms with van der Waals surface area (Å²) >= 11 is 4.66. The number of nitrogens with one attached hydrogen (secondary N) is 1. The van der Waals surface area contributed by atoms with Gasteiger partial charge in [0, 0.05) is 12.4 Å². The van der Waals surface area contributed by atoms with Gasteiger partial charge >= 0.3 is 0 Å². The zero-order chi connectivity index (χ0) is 14.7. The number of rotatable bonds is 4. The third kappa shape index (κ3) is 3.26. The van der Waals surface area contributed by atoms with Gasteiger partial charge in [0.2, 0.25) is 0 Å². The quantitative estimate of drug-likeness (QED) is 0.789. The van der Waals surface area contributed by atoms with Crippen molar-refractivity contribution >= 4 is 52.1 Å². The SMILES string of the molecule is CNC(=O)c1cnc(/C=C/c2csc(-c3cccs3)n2)s1. The molecule has 21 heavy (non-hydrogen) atoms. The van der Waals surface area contributed by atoms with Crippen LogP contribution in [-0.4, -0.2) is 22.9 Å². The van der Waals surface area contributed by atoms with E-state index < -0.39 is 0 Å². The van der Waals surface area contributed by atoms with E-state index in [0.717, 1.165) is 15.7 Å². The highest BCUT2D eigenvalue weighted by molar-refractivity contribution is 7.20. The molecule has 0 atom stereocenters. The second kappa shape index (κ2) is 6.30. The number of hydrogen-bond acceptors (Lipinski definition) is 6. The molecule has 0 bridgehead atoms. The first-order chi connectivity index (χ1) is 10.3. The first-order valence-corrected chi connectivity index (χ1v) is 8.69. The van der Waals surface area contributed by atoms with E-state index >= 15 is 0 Å². The van der Waals surface area contributed by atoms with E-state index in [4.69, 9.17) is 0 Å². The van der Waals surface area contributed by atoms with E-state index in [-0.39, 0.29) is 5.91 Å². The zero-order valence-electron chi connectivity index (χ0n) is 11.1. The molecule has 0 spiro atoms. The van der Waals surface area contributed by atoms with E-state index in [2.05, 4.69) is 21.4 Å². The van der Waals surface area contributed by atoms with E-state index in [1.807, 2.05) is 29.0 Å². The Morgan fingerprint density at radius 1 is 1.33 bits per heavy atom. The average molecular weight is 333 g/mol. The van der Waals surface area contributed by atoms with Gasteiger partial charge in [-0.1, -0.05) is 6.07 Å². The van der Waals surface area contributed by atoms with Crippen LogP contribution in [0, 0.1) is 0 Å². The van der Waals surface area contributed by atoms with Crippen LogP contribution >= 0.6 is 34.0 Å². The summed E-state index contributed by atoms with van der Waals surface area (Å²) in [5.41, 5.74) is 0.903. The first kappa shape index (κ1) is 14.1. The molecule has 0 aliphatic carbocycles. The lowest BCUT2D eigenvalue weighted by molar-refractivity contribution is 0.0967. The fraction of sp³-hybridized carbons (Fsp3) is 0.0714. The molecular weight excluding hydrogens is 322 g/mol. The molecule has 0 aliphatic heterocycles. The van der Waals surface area contributed by atoms with Gasteiger partial charge in [0.15, 0.2) is 0 Å². The molecule has 0 fully saturated rings. The second-order valence-corrected chi connectivity index (χ2v) is 6.90. The number of aromatic nitrogens is 2. The van der Waals surface area contributed by atoms with Crippen LogP contribution in [0.5, 0.6) is 0 Å². The smallest absolute Gasteiger partial charge is 0.262 e. The largest absolute Gasteiger partial charge is 0.354 e. The molecule has 3 aromatic rings. The van der Waals surface area contributed by atoms with Gasteiger partial charge < -0.3 is 5.32 Å². The summed E-state index contributed by atoms with van der Waals surface area (Å²) in [6.45, 7) is 0. The van der Waals surface area contributed by atoms with Gasteiger partial charge in [-0.3, -0.25) is 4.79 Å². The van der Waals surface area contributed by atoms with E-state index in [1.54, 1.807) is 35.9 Å². The van der Waals surface area contributed by atoms with Crippen LogP contribution in [0.1, 0.15) is 20.4 Å². The Labute approximate surface area is 133 Å². The molecule has 3 heterocycles. The lowest BCUT2D eigenvalue weighted by Crippen LogP contribution is -2.16. The van der Waals surface area contributed by atoms with E-state index in [0.29, 0.717) is 4.88 Å². The number of amides is 1. The number of hydrogen-bond donors (Lipinski definition) is 1. The maximum atomic E-state index is 11.5. The van der Waals surface area contributed by atoms with Crippen molar-refractivity contribution < 1.29 is 4.79 Å². The third-order valence-corrected chi connectivity index (χ3v) is 5.49. The van der Waals surface area contributed by atoms with Gasteiger partial charge in [0.05, 0.1) is 16.8 Å². The molecule has 4 nitrogen and oxygen atoms in total. The van der Waals surface area contributed by atoms with Crippen molar-refractivity contribution in [3.63, 3.8) is 0 Å². The van der Waals surface area contributed by atoms with Gasteiger partial charge in [-0.2, -0.15) is 0 Å². The van der Waals surface area contributed by atoms with Crippen molar-refractivity contribution in [1.82, 2.24) is 15.3 Å². The molecule has 1 amide bonds. The number of carbonyl (C=O) groups is 1. The second-order valence-electron chi connectivity index (χ2n) is 4.03. The summed E-state index contributed by atoms with van der Waals surface area (Å²) in [5.74, 6) is -0.110. The van der Waals surface area contributed by atoms with Crippen molar-refractivity contribution in [2.75, 3.05) is 7.05 Å². The molecule has 0 aromatic carbocycles. The summed E-state index contributed by atoms with van der Waals surface area (Å²) in [6.07, 6.45) is 5.38. The Bertz CT molecular complexity index is 771. The van der Waals surface area contributed by atoms with Crippen LogP contribution < -0.4 is 5.32 Å². The van der Waals surface area contributed by atoms with Crippen LogP contribution in [0.25, 0.3) is 22.0 Å². The molecule has 0 saturated heterocycles. The molecule has 106 valence electrons. The van der Waals surface area contributed by atoms with Gasteiger partial charge in [-0.25, -0.2) is 9.97 Å². The van der Waals surface area contributed by atoms with Crippen molar-refractivity contribution in [2.45, 2.75) is 0 Å². The normalized spacial score (nSPS) is 11.1. The number of carbonyl (C=O) groups excluding carboxylic acids is 1. The fourth-order valence-electron chi connectivity index (χ4n) is 1.63. The van der Waals surface area contributed by atoms with Crippen molar-refractivity contribution in [3.8, 4) is 9.88 Å². The fourth-order valence-corrected chi connectivity index (χ4v) is 3.99. The predicted molar refractivity (Wildman–Crippen MR) is 89.9 cm³/mol. The number of thiophene rings is 1. The molecule has 0 unspecified atom stereocenters. The molecule has 0 aliphatic rings. The van der Waals surface area contributed by atoms with E-state index in [9.17, 15) is 4.79 Å². The predicted octanol–water partition coefficient (Wildman–Crippen LogP) is 3.86. The van der Waals surface area contributed by atoms with Crippen molar-refractivity contribution in [1.29, 1.82) is 0 Å². The molecular formula is C14H11N3OS3. The van der Waals surface area contributed by atoms with E-state index in [1.165, 1.54) is 16.2 Å². The van der Waals surface area contributed by atoms with Gasteiger partial charge in [0.1, 0.15) is 14.9 Å². The molecule has 0 saturated carbocycles. The van der Waals surface area contributed by atoms with Crippen LogP contribution in [0.3, 0.4) is 0 Å². The minimum absolute atomic E-state index is 0.110. The first-order valence-electron chi connectivity index (χ1n) is 6.11. The summed E-state index contributed by atoms with van der Waals surface area (Å²) in [5, 5.41) is 8.46. The highest BCUT2D eigenvalue weighted by atomic mass is 32.1. The summed E-state index contributed by atoms with van der Waals surface area (Å²) in [6, 6.07) is 4.08. The van der Waals surface area contributed by atoms with Gasteiger partial charge in [0.25, 0.3) is 5.91 Å². The number of nitrogens with zero attached hydrogens (tertiary/aromatic N) is 2. The van der Waals surface area contributed by atoms with Crippen LogP contribution in [0.2, 0.25) is 0 Å². The Kier molecular flexibility index (Phi) is 4.23. The average Bonchev–Trinajstić information content (AvgIpc) is 3.23. The lowest BCUT2D eigenvalue weighted by Gasteiger charge is -1.90. The minimum Gasteiger partial charge on any atom is -0.354 e. The monoisotopic (exact) mass is 333 g/mol. The Hall–Kier alpha value is -1.83. The summed E-state index contributed by atoms with van der Waals surface area (Å²) in [7, 11) is 1.61. The van der Waals surface area contributed by atoms with Crippen molar-refractivity contribution in [3.05, 3.63) is 44.7 Å². The number of thiazole rings is 2. The zero-order valence-corrected chi connectivity index (χ0v) is 13.5. The van der Waals surface area contributed by atoms with Gasteiger partial charge in [-0.15, -0.1) is 34.0 Å². The Morgan fingerprint density at radius 2 is 2.24 bits per heavy atom. The molecule has 3 rings (SSSR count). The van der Waals surface area contributed by atoms with Crippen molar-refractivity contribution in [2.24, 2.45) is 0 Å². The molecule has 3 aromatic heterocycles. The maximum absolute atomic E-state index is 11.5. The third-order valence-electron chi connectivity index (χ3n) is 2.63. The summed E-state index contributed by atoms with van der Waals surface area (Å²) in [4.78, 5) is 22.0. The molecule has 1 N–H and O–H groups in total. The van der Waals surface area contributed by atoms with Crippen LogP contribution in [0.15, 0.2) is 29.1 Å². The lowest BCUT2D eigenvalue weighted by atomic mass is 10.4. The van der Waals surface area contributed by atoms with Crippen LogP contribution in [0.4, 0.5) is 0 Å². The molecule has 7 heteroatoms.